The number of amides is 1. The van der Waals surface area contributed by atoms with Gasteiger partial charge in [0.15, 0.2) is 5.76 Å². The van der Waals surface area contributed by atoms with Crippen molar-refractivity contribution in [3.05, 3.63) is 54.6 Å². The Labute approximate surface area is 102 Å². The monoisotopic (exact) mass is 242 g/mol. The molecule has 0 aliphatic rings. The van der Waals surface area contributed by atoms with Gasteiger partial charge in [-0.3, -0.25) is 9.36 Å². The van der Waals surface area contributed by atoms with Gasteiger partial charge < -0.3 is 14.6 Å². The van der Waals surface area contributed by atoms with Crippen LogP contribution in [0.15, 0.2) is 57.9 Å². The topological polar surface area (TPSA) is 74.3 Å². The lowest BCUT2D eigenvalue weighted by Crippen LogP contribution is -2.11. The van der Waals surface area contributed by atoms with Crippen LogP contribution in [0.2, 0.25) is 0 Å². The van der Waals surface area contributed by atoms with Crippen LogP contribution in [0.25, 0.3) is 17.3 Å². The van der Waals surface area contributed by atoms with E-state index in [-0.39, 0.29) is 0 Å². The van der Waals surface area contributed by atoms with Gasteiger partial charge in [-0.1, -0.05) is 0 Å². The standard InChI is InChI=1S/C13H10N2O3/c14-13(16)9-5-6-15(11-4-2-8-18-11)12(9)10-3-1-7-17-10/h1-8H,(H2,14,16). The summed E-state index contributed by atoms with van der Waals surface area (Å²) in [6.07, 6.45) is 4.82. The van der Waals surface area contributed by atoms with Crippen LogP contribution in [0.4, 0.5) is 0 Å². The smallest absolute Gasteiger partial charge is 0.251 e. The minimum atomic E-state index is -0.508. The van der Waals surface area contributed by atoms with Crippen molar-refractivity contribution in [1.82, 2.24) is 4.57 Å². The second kappa shape index (κ2) is 3.96. The number of nitrogens with zero attached hydrogens (tertiary/aromatic N) is 1. The maximum absolute atomic E-state index is 11.4. The number of rotatable bonds is 3. The van der Waals surface area contributed by atoms with Crippen LogP contribution in [0.3, 0.4) is 0 Å². The SMILES string of the molecule is NC(=O)c1ccn(-c2ccco2)c1-c1ccco1. The first kappa shape index (κ1) is 10.5. The molecule has 0 atom stereocenters. The van der Waals surface area contributed by atoms with Crippen molar-refractivity contribution >= 4 is 5.91 Å². The van der Waals surface area contributed by atoms with Gasteiger partial charge in [0.05, 0.1) is 18.1 Å². The van der Waals surface area contributed by atoms with E-state index in [1.54, 1.807) is 53.6 Å². The van der Waals surface area contributed by atoms with Crippen molar-refractivity contribution in [2.45, 2.75) is 0 Å². The molecular weight excluding hydrogens is 232 g/mol. The summed E-state index contributed by atoms with van der Waals surface area (Å²) >= 11 is 0. The van der Waals surface area contributed by atoms with Crippen LogP contribution >= 0.6 is 0 Å². The largest absolute Gasteiger partial charge is 0.463 e. The van der Waals surface area contributed by atoms with Gasteiger partial charge in [-0.25, -0.2) is 0 Å². The predicted molar refractivity (Wildman–Crippen MR) is 64.3 cm³/mol. The lowest BCUT2D eigenvalue weighted by Gasteiger charge is -2.05. The normalized spacial score (nSPS) is 10.7. The van der Waals surface area contributed by atoms with Crippen molar-refractivity contribution in [1.29, 1.82) is 0 Å². The van der Waals surface area contributed by atoms with Crippen molar-refractivity contribution in [2.75, 3.05) is 0 Å². The molecule has 3 rings (SSSR count). The maximum Gasteiger partial charge on any atom is 0.251 e. The van der Waals surface area contributed by atoms with Gasteiger partial charge in [0.1, 0.15) is 5.69 Å². The highest BCUT2D eigenvalue weighted by molar-refractivity contribution is 5.99. The number of aromatic nitrogens is 1. The molecule has 3 aromatic heterocycles. The third kappa shape index (κ3) is 1.53. The third-order valence-electron chi connectivity index (χ3n) is 2.65. The summed E-state index contributed by atoms with van der Waals surface area (Å²) in [4.78, 5) is 11.4. The second-order valence-corrected chi connectivity index (χ2v) is 3.74. The molecular formula is C13H10N2O3. The van der Waals surface area contributed by atoms with Crippen LogP contribution in [0.1, 0.15) is 10.4 Å². The van der Waals surface area contributed by atoms with Crippen LogP contribution in [-0.4, -0.2) is 10.5 Å². The van der Waals surface area contributed by atoms with E-state index in [0.29, 0.717) is 22.9 Å². The second-order valence-electron chi connectivity index (χ2n) is 3.74. The summed E-state index contributed by atoms with van der Waals surface area (Å²) in [5.41, 5.74) is 6.34. The number of furan rings is 2. The summed E-state index contributed by atoms with van der Waals surface area (Å²) in [7, 11) is 0. The molecule has 0 aromatic carbocycles. The summed E-state index contributed by atoms with van der Waals surface area (Å²) in [5.74, 6) is 0.644. The fraction of sp³-hybridized carbons (Fsp3) is 0. The van der Waals surface area contributed by atoms with E-state index >= 15 is 0 Å². The Morgan fingerprint density at radius 2 is 1.89 bits per heavy atom. The molecule has 0 aliphatic heterocycles. The molecule has 0 spiro atoms. The molecule has 2 N–H and O–H groups in total. The quantitative estimate of drug-likeness (QED) is 0.766. The highest BCUT2D eigenvalue weighted by Gasteiger charge is 2.19. The number of primary amides is 1. The lowest BCUT2D eigenvalue weighted by atomic mass is 10.2. The summed E-state index contributed by atoms with van der Waals surface area (Å²) in [6.45, 7) is 0. The van der Waals surface area contributed by atoms with E-state index in [2.05, 4.69) is 0 Å². The van der Waals surface area contributed by atoms with Crippen molar-refractivity contribution < 1.29 is 13.6 Å². The van der Waals surface area contributed by atoms with Gasteiger partial charge in [-0.15, -0.1) is 0 Å². The summed E-state index contributed by atoms with van der Waals surface area (Å²) in [6, 6.07) is 8.71. The zero-order valence-electron chi connectivity index (χ0n) is 9.37. The van der Waals surface area contributed by atoms with E-state index in [4.69, 9.17) is 14.6 Å². The molecule has 90 valence electrons. The average molecular weight is 242 g/mol. The Morgan fingerprint density at radius 1 is 1.11 bits per heavy atom. The van der Waals surface area contributed by atoms with Gasteiger partial charge in [0.25, 0.3) is 5.91 Å². The van der Waals surface area contributed by atoms with E-state index in [1.807, 2.05) is 0 Å². The molecule has 0 aliphatic carbocycles. The average Bonchev–Trinajstić information content (AvgIpc) is 3.10. The van der Waals surface area contributed by atoms with Crippen LogP contribution in [0, 0.1) is 0 Å². The van der Waals surface area contributed by atoms with Crippen molar-refractivity contribution in [3.63, 3.8) is 0 Å². The van der Waals surface area contributed by atoms with E-state index in [9.17, 15) is 4.79 Å². The number of hydrogen-bond acceptors (Lipinski definition) is 3. The fourth-order valence-corrected chi connectivity index (χ4v) is 1.89. The number of hydrogen-bond donors (Lipinski definition) is 1. The number of carbonyl (C=O) groups excluding carboxylic acids is 1. The van der Waals surface area contributed by atoms with Crippen molar-refractivity contribution in [2.24, 2.45) is 5.73 Å². The Hall–Kier alpha value is -2.69. The van der Waals surface area contributed by atoms with Gasteiger partial charge >= 0.3 is 0 Å². The van der Waals surface area contributed by atoms with Crippen LogP contribution in [0.5, 0.6) is 0 Å². The Morgan fingerprint density at radius 3 is 2.50 bits per heavy atom. The first-order valence-electron chi connectivity index (χ1n) is 5.36. The zero-order chi connectivity index (χ0) is 12.5. The number of carbonyl (C=O) groups is 1. The molecule has 0 bridgehead atoms. The number of nitrogens with two attached hydrogens (primary N) is 1. The molecule has 0 fully saturated rings. The van der Waals surface area contributed by atoms with Gasteiger partial charge in [-0.05, 0) is 24.3 Å². The third-order valence-corrected chi connectivity index (χ3v) is 2.65. The predicted octanol–water partition coefficient (Wildman–Crippen LogP) is 2.43. The van der Waals surface area contributed by atoms with E-state index in [0.717, 1.165) is 0 Å². The van der Waals surface area contributed by atoms with Gasteiger partial charge in [-0.2, -0.15) is 0 Å². The summed E-state index contributed by atoms with van der Waals surface area (Å²) < 4.78 is 12.4. The first-order valence-corrected chi connectivity index (χ1v) is 5.36. The molecule has 0 radical (unpaired) electrons. The molecule has 1 amide bonds. The van der Waals surface area contributed by atoms with Gasteiger partial charge in [0.2, 0.25) is 5.88 Å². The molecule has 3 heterocycles. The van der Waals surface area contributed by atoms with Crippen LogP contribution < -0.4 is 5.73 Å². The van der Waals surface area contributed by atoms with E-state index in [1.165, 1.54) is 0 Å². The highest BCUT2D eigenvalue weighted by Crippen LogP contribution is 2.28. The molecule has 5 heteroatoms. The fourth-order valence-electron chi connectivity index (χ4n) is 1.89. The van der Waals surface area contributed by atoms with Crippen LogP contribution in [-0.2, 0) is 0 Å². The Balaban J connectivity index is 2.25. The first-order chi connectivity index (χ1) is 8.77. The lowest BCUT2D eigenvalue weighted by molar-refractivity contribution is 0.100. The molecule has 3 aromatic rings. The zero-order valence-corrected chi connectivity index (χ0v) is 9.37. The molecule has 0 saturated carbocycles. The molecule has 0 unspecified atom stereocenters. The maximum atomic E-state index is 11.4. The minimum absolute atomic E-state index is 0.390. The minimum Gasteiger partial charge on any atom is -0.463 e. The molecule has 5 nitrogen and oxygen atoms in total. The van der Waals surface area contributed by atoms with E-state index < -0.39 is 5.91 Å². The Bertz CT molecular complexity index is 663. The molecule has 18 heavy (non-hydrogen) atoms. The van der Waals surface area contributed by atoms with Crippen molar-refractivity contribution in [3.8, 4) is 17.3 Å². The summed E-state index contributed by atoms with van der Waals surface area (Å²) in [5, 5.41) is 0. The Kier molecular flexibility index (Phi) is 2.30. The molecule has 0 saturated heterocycles. The highest BCUT2D eigenvalue weighted by atomic mass is 16.3. The van der Waals surface area contributed by atoms with Gasteiger partial charge in [0, 0.05) is 12.3 Å².